The van der Waals surface area contributed by atoms with Crippen molar-refractivity contribution in [2.75, 3.05) is 46.9 Å². The number of piperidine rings is 1. The average molecular weight is 396 g/mol. The number of nitrogens with one attached hydrogen (secondary N) is 2. The van der Waals surface area contributed by atoms with Gasteiger partial charge in [-0.05, 0) is 44.4 Å². The van der Waals surface area contributed by atoms with Crippen LogP contribution in [0.5, 0.6) is 0 Å². The Morgan fingerprint density at radius 3 is 2.39 bits per heavy atom. The van der Waals surface area contributed by atoms with Crippen molar-refractivity contribution in [3.63, 3.8) is 0 Å². The number of hydrogen-bond acceptors (Lipinski definition) is 4. The van der Waals surface area contributed by atoms with E-state index in [4.69, 9.17) is 4.74 Å². The van der Waals surface area contributed by atoms with E-state index in [-0.39, 0.29) is 24.6 Å². The SMILES string of the molecule is CCOC(=O)N1CCC(NC(=NCC(=O)N(C)C)NCC2(CC)CCC2)CC1. The van der Waals surface area contributed by atoms with E-state index >= 15 is 0 Å². The van der Waals surface area contributed by atoms with Crippen LogP contribution in [-0.4, -0.2) is 80.7 Å². The number of amides is 2. The molecule has 0 radical (unpaired) electrons. The lowest BCUT2D eigenvalue weighted by Gasteiger charge is -2.42. The molecule has 2 N–H and O–H groups in total. The van der Waals surface area contributed by atoms with Gasteiger partial charge in [0.2, 0.25) is 5.91 Å². The van der Waals surface area contributed by atoms with Gasteiger partial charge in [0, 0.05) is 39.8 Å². The van der Waals surface area contributed by atoms with Crippen molar-refractivity contribution >= 4 is 18.0 Å². The van der Waals surface area contributed by atoms with Gasteiger partial charge in [0.15, 0.2) is 5.96 Å². The van der Waals surface area contributed by atoms with Crippen LogP contribution in [0.1, 0.15) is 52.4 Å². The van der Waals surface area contributed by atoms with Crippen molar-refractivity contribution in [1.82, 2.24) is 20.4 Å². The summed E-state index contributed by atoms with van der Waals surface area (Å²) in [6.07, 6.45) is 6.37. The van der Waals surface area contributed by atoms with E-state index in [0.29, 0.717) is 31.1 Å². The first kappa shape index (κ1) is 22.3. The lowest BCUT2D eigenvalue weighted by atomic mass is 9.67. The monoisotopic (exact) mass is 395 g/mol. The van der Waals surface area contributed by atoms with Gasteiger partial charge in [0.05, 0.1) is 6.61 Å². The molecule has 0 bridgehead atoms. The number of likely N-dealkylation sites (N-methyl/N-ethyl adjacent to an activating group) is 1. The molecule has 2 rings (SSSR count). The Morgan fingerprint density at radius 1 is 1.21 bits per heavy atom. The Balaban J connectivity index is 1.90. The first-order valence-corrected chi connectivity index (χ1v) is 10.6. The van der Waals surface area contributed by atoms with Gasteiger partial charge in [0.25, 0.3) is 0 Å². The normalized spacial score (nSPS) is 19.6. The molecule has 2 amide bonds. The Labute approximate surface area is 169 Å². The molecule has 0 atom stereocenters. The third-order valence-corrected chi connectivity index (χ3v) is 6.03. The number of likely N-dealkylation sites (tertiary alicyclic amines) is 1. The minimum atomic E-state index is -0.237. The smallest absolute Gasteiger partial charge is 0.409 e. The molecule has 2 fully saturated rings. The van der Waals surface area contributed by atoms with Crippen molar-refractivity contribution in [3.05, 3.63) is 0 Å². The Kier molecular flexibility index (Phi) is 8.38. The third kappa shape index (κ3) is 6.27. The second-order valence-corrected chi connectivity index (χ2v) is 8.12. The second-order valence-electron chi connectivity index (χ2n) is 8.12. The number of guanidine groups is 1. The fourth-order valence-corrected chi connectivity index (χ4v) is 3.66. The largest absolute Gasteiger partial charge is 0.450 e. The summed E-state index contributed by atoms with van der Waals surface area (Å²) in [5.41, 5.74) is 0.362. The third-order valence-electron chi connectivity index (χ3n) is 6.03. The molecule has 0 aromatic heterocycles. The average Bonchev–Trinajstić information content (AvgIpc) is 2.65. The molecule has 1 saturated heterocycles. The Bertz CT molecular complexity index is 547. The quantitative estimate of drug-likeness (QED) is 0.507. The molecule has 8 nitrogen and oxygen atoms in total. The van der Waals surface area contributed by atoms with E-state index in [1.165, 1.54) is 19.3 Å². The molecule has 1 heterocycles. The van der Waals surface area contributed by atoms with Crippen LogP contribution in [0.3, 0.4) is 0 Å². The van der Waals surface area contributed by atoms with Gasteiger partial charge in [-0.2, -0.15) is 0 Å². The maximum atomic E-state index is 11.9. The number of rotatable bonds is 7. The topological polar surface area (TPSA) is 86.3 Å². The molecular formula is C20H37N5O3. The highest BCUT2D eigenvalue weighted by Crippen LogP contribution is 2.43. The molecule has 1 saturated carbocycles. The van der Waals surface area contributed by atoms with E-state index in [1.807, 2.05) is 6.92 Å². The molecule has 2 aliphatic rings. The van der Waals surface area contributed by atoms with Gasteiger partial charge in [-0.3, -0.25) is 4.79 Å². The van der Waals surface area contributed by atoms with Gasteiger partial charge >= 0.3 is 6.09 Å². The lowest BCUT2D eigenvalue weighted by Crippen LogP contribution is -2.52. The van der Waals surface area contributed by atoms with Crippen molar-refractivity contribution in [3.8, 4) is 0 Å². The Hall–Kier alpha value is -1.99. The summed E-state index contributed by atoms with van der Waals surface area (Å²) < 4.78 is 5.08. The van der Waals surface area contributed by atoms with Crippen LogP contribution < -0.4 is 10.6 Å². The summed E-state index contributed by atoms with van der Waals surface area (Å²) >= 11 is 0. The number of aliphatic imine (C=N–C) groups is 1. The van der Waals surface area contributed by atoms with Crippen LogP contribution in [-0.2, 0) is 9.53 Å². The molecule has 0 aromatic carbocycles. The number of nitrogens with zero attached hydrogens (tertiary/aromatic N) is 3. The van der Waals surface area contributed by atoms with E-state index < -0.39 is 0 Å². The fraction of sp³-hybridized carbons (Fsp3) is 0.850. The summed E-state index contributed by atoms with van der Waals surface area (Å²) in [5.74, 6) is 0.677. The summed E-state index contributed by atoms with van der Waals surface area (Å²) in [4.78, 5) is 31.6. The van der Waals surface area contributed by atoms with Crippen LogP contribution in [0.2, 0.25) is 0 Å². The molecule has 28 heavy (non-hydrogen) atoms. The zero-order chi connectivity index (χ0) is 20.6. The van der Waals surface area contributed by atoms with Gasteiger partial charge in [-0.25, -0.2) is 9.79 Å². The standard InChI is InChI=1S/C20H37N5O3/c1-5-20(10-7-11-20)15-22-18(21-14-17(26)24(3)4)23-16-8-12-25(13-9-16)19(27)28-6-2/h16H,5-15H2,1-4H3,(H2,21,22,23). The van der Waals surface area contributed by atoms with Gasteiger partial charge in [-0.1, -0.05) is 13.3 Å². The van der Waals surface area contributed by atoms with Gasteiger partial charge < -0.3 is 25.2 Å². The van der Waals surface area contributed by atoms with E-state index in [9.17, 15) is 9.59 Å². The minimum absolute atomic E-state index is 0.0212. The second kappa shape index (κ2) is 10.5. The zero-order valence-corrected chi connectivity index (χ0v) is 17.9. The number of ether oxygens (including phenoxy) is 1. The number of carbonyl (C=O) groups excluding carboxylic acids is 2. The first-order valence-electron chi connectivity index (χ1n) is 10.6. The maximum Gasteiger partial charge on any atom is 0.409 e. The lowest BCUT2D eigenvalue weighted by molar-refractivity contribution is -0.127. The zero-order valence-electron chi connectivity index (χ0n) is 17.9. The van der Waals surface area contributed by atoms with Crippen molar-refractivity contribution in [1.29, 1.82) is 0 Å². The minimum Gasteiger partial charge on any atom is -0.450 e. The van der Waals surface area contributed by atoms with Crippen LogP contribution >= 0.6 is 0 Å². The molecule has 0 aromatic rings. The Morgan fingerprint density at radius 2 is 1.89 bits per heavy atom. The van der Waals surface area contributed by atoms with Crippen LogP contribution in [0.25, 0.3) is 0 Å². The van der Waals surface area contributed by atoms with Gasteiger partial charge in [0.1, 0.15) is 6.54 Å². The molecule has 1 aliphatic heterocycles. The highest BCUT2D eigenvalue weighted by Gasteiger charge is 2.35. The summed E-state index contributed by atoms with van der Waals surface area (Å²) in [7, 11) is 3.48. The molecule has 8 heteroatoms. The van der Waals surface area contributed by atoms with E-state index in [1.54, 1.807) is 23.9 Å². The van der Waals surface area contributed by atoms with Crippen molar-refractivity contribution in [2.45, 2.75) is 58.4 Å². The van der Waals surface area contributed by atoms with E-state index in [0.717, 1.165) is 25.8 Å². The fourth-order valence-electron chi connectivity index (χ4n) is 3.66. The highest BCUT2D eigenvalue weighted by molar-refractivity contribution is 5.85. The highest BCUT2D eigenvalue weighted by atomic mass is 16.6. The van der Waals surface area contributed by atoms with Crippen LogP contribution in [0.4, 0.5) is 4.79 Å². The molecule has 0 spiro atoms. The summed E-state index contributed by atoms with van der Waals surface area (Å²) in [5, 5.41) is 6.95. The predicted molar refractivity (Wildman–Crippen MR) is 110 cm³/mol. The molecule has 160 valence electrons. The van der Waals surface area contributed by atoms with E-state index in [2.05, 4.69) is 22.5 Å². The number of hydrogen-bond donors (Lipinski definition) is 2. The number of carbonyl (C=O) groups is 2. The van der Waals surface area contributed by atoms with Gasteiger partial charge in [-0.15, -0.1) is 0 Å². The maximum absolute atomic E-state index is 11.9. The van der Waals surface area contributed by atoms with Crippen molar-refractivity contribution < 1.29 is 14.3 Å². The van der Waals surface area contributed by atoms with Crippen molar-refractivity contribution in [2.24, 2.45) is 10.4 Å². The first-order chi connectivity index (χ1) is 13.4. The van der Waals surface area contributed by atoms with Crippen LogP contribution in [0, 0.1) is 5.41 Å². The molecule has 1 aliphatic carbocycles. The van der Waals surface area contributed by atoms with Crippen LogP contribution in [0.15, 0.2) is 4.99 Å². The summed E-state index contributed by atoms with van der Waals surface area (Å²) in [6, 6.07) is 0.227. The summed E-state index contributed by atoms with van der Waals surface area (Å²) in [6.45, 7) is 6.80. The molecular weight excluding hydrogens is 358 g/mol. The predicted octanol–water partition coefficient (Wildman–Crippen LogP) is 1.81. The molecule has 0 unspecified atom stereocenters.